The number of nitrogens with zero attached hydrogens (tertiary/aromatic N) is 2. The van der Waals surface area contributed by atoms with Crippen molar-refractivity contribution < 1.29 is 4.52 Å². The van der Waals surface area contributed by atoms with Crippen LogP contribution in [-0.2, 0) is 6.42 Å². The molecule has 13 heavy (non-hydrogen) atoms. The lowest BCUT2D eigenvalue weighted by molar-refractivity contribution is 0.388. The lowest BCUT2D eigenvalue weighted by Crippen LogP contribution is -1.97. The highest BCUT2D eigenvalue weighted by molar-refractivity contribution is 5.10. The van der Waals surface area contributed by atoms with Gasteiger partial charge in [-0.1, -0.05) is 16.8 Å². The predicted molar refractivity (Wildman–Crippen MR) is 49.3 cm³/mol. The molecule has 0 aliphatic heterocycles. The fraction of sp³-hybridized carbons (Fsp3) is 0.600. The van der Waals surface area contributed by atoms with Gasteiger partial charge in [-0.2, -0.15) is 4.98 Å². The maximum absolute atomic E-state index is 4.92. The van der Waals surface area contributed by atoms with Crippen molar-refractivity contribution in [2.75, 3.05) is 0 Å². The first-order chi connectivity index (χ1) is 6.34. The lowest BCUT2D eigenvalue weighted by atomic mass is 9.97. The second-order valence-electron chi connectivity index (χ2n) is 3.51. The van der Waals surface area contributed by atoms with Crippen molar-refractivity contribution in [3.05, 3.63) is 23.4 Å². The average Bonchev–Trinajstić information content (AvgIpc) is 2.53. The third-order valence-corrected chi connectivity index (χ3v) is 2.34. The number of allylic oxidation sites excluding steroid dienone is 2. The number of hydrogen-bond donors (Lipinski definition) is 0. The number of aryl methyl sites for hydroxylation is 1. The SMILES string of the molecule is Cc1nc(CC2=CCCCC2)no1. The van der Waals surface area contributed by atoms with Gasteiger partial charge >= 0.3 is 0 Å². The summed E-state index contributed by atoms with van der Waals surface area (Å²) in [7, 11) is 0. The third-order valence-electron chi connectivity index (χ3n) is 2.34. The fourth-order valence-corrected chi connectivity index (χ4v) is 1.68. The summed E-state index contributed by atoms with van der Waals surface area (Å²) in [6.45, 7) is 1.83. The van der Waals surface area contributed by atoms with E-state index >= 15 is 0 Å². The highest BCUT2D eigenvalue weighted by atomic mass is 16.5. The number of aromatic nitrogens is 2. The topological polar surface area (TPSA) is 38.9 Å². The van der Waals surface area contributed by atoms with E-state index in [0.29, 0.717) is 5.89 Å². The Bertz CT molecular complexity index is 314. The summed E-state index contributed by atoms with van der Waals surface area (Å²) in [6, 6.07) is 0. The van der Waals surface area contributed by atoms with E-state index in [9.17, 15) is 0 Å². The molecule has 0 atom stereocenters. The molecule has 3 nitrogen and oxygen atoms in total. The quantitative estimate of drug-likeness (QED) is 0.653. The van der Waals surface area contributed by atoms with Crippen LogP contribution in [0.3, 0.4) is 0 Å². The second-order valence-corrected chi connectivity index (χ2v) is 3.51. The van der Waals surface area contributed by atoms with Crippen molar-refractivity contribution >= 4 is 0 Å². The van der Waals surface area contributed by atoms with Crippen LogP contribution in [0.4, 0.5) is 0 Å². The Balaban J connectivity index is 2.01. The van der Waals surface area contributed by atoms with Crippen molar-refractivity contribution in [2.24, 2.45) is 0 Å². The third kappa shape index (κ3) is 2.17. The van der Waals surface area contributed by atoms with Crippen molar-refractivity contribution in [3.8, 4) is 0 Å². The van der Waals surface area contributed by atoms with Crippen molar-refractivity contribution in [1.29, 1.82) is 0 Å². The highest BCUT2D eigenvalue weighted by Gasteiger charge is 2.08. The Kier molecular flexibility index (Phi) is 2.43. The normalized spacial score (nSPS) is 17.2. The first-order valence-corrected chi connectivity index (χ1v) is 4.82. The van der Waals surface area contributed by atoms with Gasteiger partial charge in [0.05, 0.1) is 0 Å². The monoisotopic (exact) mass is 178 g/mol. The van der Waals surface area contributed by atoms with E-state index in [4.69, 9.17) is 4.52 Å². The Labute approximate surface area is 77.8 Å². The zero-order valence-corrected chi connectivity index (χ0v) is 7.92. The summed E-state index contributed by atoms with van der Waals surface area (Å²) >= 11 is 0. The second kappa shape index (κ2) is 3.73. The van der Waals surface area contributed by atoms with Crippen LogP contribution in [-0.4, -0.2) is 10.1 Å². The molecule has 1 aliphatic rings. The van der Waals surface area contributed by atoms with Crippen LogP contribution in [0.25, 0.3) is 0 Å². The van der Waals surface area contributed by atoms with E-state index in [1.165, 1.54) is 31.3 Å². The van der Waals surface area contributed by atoms with Crippen LogP contribution in [0.2, 0.25) is 0 Å². The maximum Gasteiger partial charge on any atom is 0.223 e. The van der Waals surface area contributed by atoms with E-state index < -0.39 is 0 Å². The molecule has 70 valence electrons. The molecule has 2 rings (SSSR count). The molecule has 0 N–H and O–H groups in total. The van der Waals surface area contributed by atoms with Gasteiger partial charge in [0.2, 0.25) is 5.89 Å². The first-order valence-electron chi connectivity index (χ1n) is 4.82. The summed E-state index contributed by atoms with van der Waals surface area (Å²) in [5.41, 5.74) is 1.46. The lowest BCUT2D eigenvalue weighted by Gasteiger charge is -2.09. The molecule has 0 radical (unpaired) electrons. The predicted octanol–water partition coefficient (Wildman–Crippen LogP) is 2.42. The summed E-state index contributed by atoms with van der Waals surface area (Å²) in [5, 5.41) is 3.88. The van der Waals surface area contributed by atoms with E-state index in [2.05, 4.69) is 16.2 Å². The minimum absolute atomic E-state index is 0.659. The molecule has 3 heteroatoms. The van der Waals surface area contributed by atoms with Crippen LogP contribution in [0.5, 0.6) is 0 Å². The van der Waals surface area contributed by atoms with Crippen LogP contribution in [0, 0.1) is 6.92 Å². The minimum atomic E-state index is 0.659. The van der Waals surface area contributed by atoms with Gasteiger partial charge in [0.25, 0.3) is 0 Å². The molecule has 0 bridgehead atoms. The molecule has 0 amide bonds. The van der Waals surface area contributed by atoms with Gasteiger partial charge in [0, 0.05) is 13.3 Å². The van der Waals surface area contributed by atoms with Crippen LogP contribution < -0.4 is 0 Å². The largest absolute Gasteiger partial charge is 0.340 e. The van der Waals surface area contributed by atoms with E-state index in [1.807, 2.05) is 6.92 Å². The molecule has 0 saturated heterocycles. The van der Waals surface area contributed by atoms with Gasteiger partial charge in [-0.3, -0.25) is 0 Å². The molecule has 0 aromatic carbocycles. The molecule has 1 aromatic rings. The van der Waals surface area contributed by atoms with Gasteiger partial charge in [-0.05, 0) is 25.7 Å². The number of rotatable bonds is 2. The van der Waals surface area contributed by atoms with Gasteiger partial charge < -0.3 is 4.52 Å². The van der Waals surface area contributed by atoms with Crippen molar-refractivity contribution in [3.63, 3.8) is 0 Å². The van der Waals surface area contributed by atoms with E-state index in [0.717, 1.165) is 12.2 Å². The Morgan fingerprint density at radius 3 is 3.00 bits per heavy atom. The molecular formula is C10H14N2O. The molecular weight excluding hydrogens is 164 g/mol. The Morgan fingerprint density at radius 2 is 2.38 bits per heavy atom. The van der Waals surface area contributed by atoms with Crippen LogP contribution >= 0.6 is 0 Å². The standard InChI is InChI=1S/C10H14N2O/c1-8-11-10(12-13-8)7-9-5-3-2-4-6-9/h5H,2-4,6-7H2,1H3. The molecule has 0 unspecified atom stereocenters. The summed E-state index contributed by atoms with van der Waals surface area (Å²) in [6.07, 6.45) is 8.24. The van der Waals surface area contributed by atoms with Gasteiger partial charge in [0.15, 0.2) is 5.82 Å². The van der Waals surface area contributed by atoms with E-state index in [-0.39, 0.29) is 0 Å². The molecule has 1 aromatic heterocycles. The van der Waals surface area contributed by atoms with Crippen molar-refractivity contribution in [2.45, 2.75) is 39.0 Å². The van der Waals surface area contributed by atoms with Gasteiger partial charge in [-0.25, -0.2) is 0 Å². The molecule has 0 saturated carbocycles. The summed E-state index contributed by atoms with van der Waals surface area (Å²) in [4.78, 5) is 4.19. The van der Waals surface area contributed by atoms with Gasteiger partial charge in [0.1, 0.15) is 0 Å². The maximum atomic E-state index is 4.92. The van der Waals surface area contributed by atoms with Crippen LogP contribution in [0.15, 0.2) is 16.2 Å². The van der Waals surface area contributed by atoms with Crippen molar-refractivity contribution in [1.82, 2.24) is 10.1 Å². The molecule has 0 fully saturated rings. The Morgan fingerprint density at radius 1 is 1.46 bits per heavy atom. The van der Waals surface area contributed by atoms with Crippen LogP contribution in [0.1, 0.15) is 37.4 Å². The average molecular weight is 178 g/mol. The zero-order valence-electron chi connectivity index (χ0n) is 7.92. The highest BCUT2D eigenvalue weighted by Crippen LogP contribution is 2.19. The summed E-state index contributed by atoms with van der Waals surface area (Å²) in [5.74, 6) is 1.48. The number of hydrogen-bond acceptors (Lipinski definition) is 3. The molecule has 1 heterocycles. The molecule has 0 spiro atoms. The fourth-order valence-electron chi connectivity index (χ4n) is 1.68. The Hall–Kier alpha value is -1.12. The smallest absolute Gasteiger partial charge is 0.223 e. The van der Waals surface area contributed by atoms with E-state index in [1.54, 1.807) is 0 Å². The zero-order chi connectivity index (χ0) is 9.10. The summed E-state index contributed by atoms with van der Waals surface area (Å²) < 4.78 is 4.92. The van der Waals surface area contributed by atoms with Gasteiger partial charge in [-0.15, -0.1) is 0 Å². The minimum Gasteiger partial charge on any atom is -0.340 e. The first kappa shape index (κ1) is 8.48. The molecule has 1 aliphatic carbocycles.